The number of aliphatic hydroxyl groups excluding tert-OH is 11. The lowest BCUT2D eigenvalue weighted by Gasteiger charge is -2.60. The van der Waals surface area contributed by atoms with Crippen molar-refractivity contribution in [3.05, 3.63) is 11.6 Å². The summed E-state index contributed by atoms with van der Waals surface area (Å²) in [6.45, 7) is 17.1. The van der Waals surface area contributed by atoms with E-state index in [2.05, 4.69) is 19.9 Å². The predicted octanol–water partition coefficient (Wildman–Crippen LogP) is -1.26. The molecule has 0 aromatic heterocycles. The maximum absolute atomic E-state index is 13.2. The van der Waals surface area contributed by atoms with Crippen molar-refractivity contribution in [2.24, 2.45) is 40.4 Å². The Hall–Kier alpha value is -1.60. The number of hydrogen-bond acceptors (Lipinski definition) is 26. The maximum atomic E-state index is 13.2. The Kier molecular flexibility index (Phi) is 20.6. The molecule has 34 atom stereocenters. The zero-order chi connectivity index (χ0) is 62.5. The molecule has 3 unspecified atom stereocenters. The molecule has 0 aromatic carbocycles. The van der Waals surface area contributed by atoms with Crippen LogP contribution >= 0.6 is 0 Å². The summed E-state index contributed by atoms with van der Waals surface area (Å²) >= 11 is 0. The van der Waals surface area contributed by atoms with Crippen LogP contribution in [0.15, 0.2) is 11.6 Å². The van der Waals surface area contributed by atoms with E-state index in [1.165, 1.54) is 34.6 Å². The molecule has 0 radical (unpaired) electrons. The molecule has 0 amide bonds. The minimum atomic E-state index is -4.88. The average Bonchev–Trinajstić information content (AvgIpc) is 1.84. The Morgan fingerprint density at radius 3 is 1.62 bits per heavy atom. The highest BCUT2D eigenvalue weighted by Crippen LogP contribution is 2.67. The quantitative estimate of drug-likeness (QED) is 0.0597. The molecule has 4 aliphatic carbocycles. The van der Waals surface area contributed by atoms with Crippen molar-refractivity contribution in [3.8, 4) is 0 Å². The SMILES string of the molecule is CC(C)CC(=O)C[C@](C)(O)[C@H]1CCC2C3C[C@H](O[C@@H]4O[C@H](C)[C@@H](O)[C@H](O[C@@H]5O[C@H](C)[C@@H](O[C@@H]6O[C@H](C)[C@H](O)[C@H](O)[C@H]6O[C@@H]6O[C@H](C)[C@H](O)[C@H](O)[C@H]6O)[C@H](O)[C@H]5O[C@@H]5O[C@H](C)[C@@H](O)[C@H](O)[C@H]5O)[C@H]4O)C4C[C@@H](OS(=O)(=O)O)CC[C@]4(C)C3=CC[C@@]21C. The lowest BCUT2D eigenvalue weighted by molar-refractivity contribution is -0.406. The van der Waals surface area contributed by atoms with Gasteiger partial charge in [0, 0.05) is 12.8 Å². The molecule has 9 rings (SSSR count). The standard InChI is InChI=1S/C57H94O27S/c1-21(2)17-27(58)20-57(10,70)34-12-11-30-29-19-33(32-18-28(84-85(71,72)73)13-15-55(32,8)31(29)14-16-56(30,34)9)79-52-45(69)47(38(62)25(6)76-52)81-54-49(83-51-43(67)40(64)36(60)23(4)75-51)44(68)46(26(7)78-54)80-53-48(41(65)37(61)24(5)77-53)82-50-42(66)39(63)35(59)22(3)74-50/h14,21-26,28-30,32-54,59-70H,11-13,15-20H2,1-10H3,(H,71,72,73)/t22-,23-,24-,25-,26-,28+,29?,30?,32?,33+,34+,35+,36-,37+,38-,39+,40+,41+,42-,43-,44+,45-,46-,47+,48-,49-,50+,51+,52+,53+,54+,55-,56+,57+/m1/s1. The highest BCUT2D eigenvalue weighted by molar-refractivity contribution is 7.80. The van der Waals surface area contributed by atoms with Gasteiger partial charge in [0.1, 0.15) is 97.3 Å². The van der Waals surface area contributed by atoms with Gasteiger partial charge in [-0.15, -0.1) is 0 Å². The van der Waals surface area contributed by atoms with E-state index in [1.54, 1.807) is 6.92 Å². The minimum absolute atomic E-state index is 0.00397. The summed E-state index contributed by atoms with van der Waals surface area (Å²) in [4.78, 5) is 13.2. The Bertz CT molecular complexity index is 2440. The number of ketones is 1. The Morgan fingerprint density at radius 1 is 0.588 bits per heavy atom. The molecule has 490 valence electrons. The lowest BCUT2D eigenvalue weighted by Crippen LogP contribution is -2.68. The average molecular weight is 1240 g/mol. The number of rotatable bonds is 17. The third-order valence-electron chi connectivity index (χ3n) is 20.6. The molecule has 8 fully saturated rings. The molecule has 0 aromatic rings. The number of allylic oxidation sites excluding steroid dienone is 2. The monoisotopic (exact) mass is 1240 g/mol. The van der Waals surface area contributed by atoms with Crippen LogP contribution in [-0.4, -0.2) is 251 Å². The number of aliphatic hydroxyl groups is 12. The van der Waals surface area contributed by atoms with E-state index in [0.29, 0.717) is 32.1 Å². The number of Topliss-reactive ketones (excluding diaryl/α,β-unsaturated/α-hetero) is 1. The van der Waals surface area contributed by atoms with Crippen LogP contribution in [0.4, 0.5) is 0 Å². The van der Waals surface area contributed by atoms with Gasteiger partial charge in [0.25, 0.3) is 0 Å². The van der Waals surface area contributed by atoms with Crippen molar-refractivity contribution in [1.82, 2.24) is 0 Å². The zero-order valence-electron chi connectivity index (χ0n) is 49.9. The largest absolute Gasteiger partial charge is 0.397 e. The molecular weight excluding hydrogens is 1150 g/mol. The molecule has 85 heavy (non-hydrogen) atoms. The number of fused-ring (bicyclic) bond motifs is 5. The first-order valence-corrected chi connectivity index (χ1v) is 31.6. The first-order valence-electron chi connectivity index (χ1n) is 30.2. The molecule has 0 bridgehead atoms. The van der Waals surface area contributed by atoms with E-state index in [-0.39, 0.29) is 48.7 Å². The maximum Gasteiger partial charge on any atom is 0.397 e. The Labute approximate surface area is 495 Å². The third kappa shape index (κ3) is 13.4. The molecular formula is C57H94O27S. The van der Waals surface area contributed by atoms with E-state index in [4.69, 9.17) is 51.6 Å². The van der Waals surface area contributed by atoms with E-state index in [0.717, 1.165) is 12.0 Å². The van der Waals surface area contributed by atoms with Crippen molar-refractivity contribution in [3.63, 3.8) is 0 Å². The summed E-state index contributed by atoms with van der Waals surface area (Å²) in [6.07, 6.45) is -36.8. The Morgan fingerprint density at radius 2 is 1.07 bits per heavy atom. The van der Waals surface area contributed by atoms with Crippen molar-refractivity contribution in [2.75, 3.05) is 0 Å². The molecule has 3 saturated carbocycles. The van der Waals surface area contributed by atoms with Gasteiger partial charge in [-0.05, 0) is 127 Å². The minimum Gasteiger partial charge on any atom is -0.389 e. The molecule has 0 spiro atoms. The topological polar surface area (TPSA) is 416 Å². The fraction of sp³-hybridized carbons (Fsp3) is 0.947. The van der Waals surface area contributed by atoms with Crippen LogP contribution in [0, 0.1) is 40.4 Å². The number of hydrogen-bond donors (Lipinski definition) is 13. The van der Waals surface area contributed by atoms with Crippen LogP contribution in [0.5, 0.6) is 0 Å². The summed E-state index contributed by atoms with van der Waals surface area (Å²) in [5.74, 6) is -0.752. The smallest absolute Gasteiger partial charge is 0.389 e. The normalized spacial score (nSPS) is 52.1. The van der Waals surface area contributed by atoms with E-state index in [9.17, 15) is 79.0 Å². The lowest BCUT2D eigenvalue weighted by atomic mass is 9.47. The molecule has 9 aliphatic rings. The van der Waals surface area contributed by atoms with Crippen LogP contribution in [0.1, 0.15) is 127 Å². The van der Waals surface area contributed by atoms with Crippen LogP contribution < -0.4 is 0 Å². The number of ether oxygens (including phenoxy) is 10. The van der Waals surface area contributed by atoms with E-state index in [1.807, 2.05) is 13.8 Å². The molecule has 5 aliphatic heterocycles. The van der Waals surface area contributed by atoms with E-state index < -0.39 is 198 Å². The van der Waals surface area contributed by atoms with Gasteiger partial charge in [0.05, 0.1) is 48.3 Å². The summed E-state index contributed by atoms with van der Waals surface area (Å²) in [6, 6.07) is 0. The van der Waals surface area contributed by atoms with Gasteiger partial charge >= 0.3 is 10.4 Å². The number of carbonyl (C=O) groups excluding carboxylic acids is 1. The highest BCUT2D eigenvalue weighted by atomic mass is 32.3. The second kappa shape index (κ2) is 25.8. The fourth-order valence-corrected chi connectivity index (χ4v) is 16.5. The molecule has 27 nitrogen and oxygen atoms in total. The van der Waals surface area contributed by atoms with E-state index >= 15 is 0 Å². The summed E-state index contributed by atoms with van der Waals surface area (Å²) in [5, 5.41) is 136. The zero-order valence-corrected chi connectivity index (χ0v) is 50.7. The third-order valence-corrected chi connectivity index (χ3v) is 21.1. The highest BCUT2D eigenvalue weighted by Gasteiger charge is 2.64. The first-order chi connectivity index (χ1) is 39.6. The second-order valence-electron chi connectivity index (χ2n) is 27.1. The van der Waals surface area contributed by atoms with Crippen LogP contribution in [-0.2, 0) is 66.7 Å². The molecule has 28 heteroatoms. The summed E-state index contributed by atoms with van der Waals surface area (Å²) < 4.78 is 101. The molecule has 5 saturated heterocycles. The van der Waals surface area contributed by atoms with Crippen molar-refractivity contribution in [1.29, 1.82) is 0 Å². The Balaban J connectivity index is 0.991. The second-order valence-corrected chi connectivity index (χ2v) is 28.1. The van der Waals surface area contributed by atoms with Gasteiger partial charge in [-0.3, -0.25) is 9.35 Å². The van der Waals surface area contributed by atoms with Crippen molar-refractivity contribution < 1.29 is 131 Å². The predicted molar refractivity (Wildman–Crippen MR) is 289 cm³/mol. The molecule has 5 heterocycles. The number of carbonyl (C=O) groups is 1. The fourth-order valence-electron chi connectivity index (χ4n) is 16.0. The summed E-state index contributed by atoms with van der Waals surface area (Å²) in [7, 11) is -4.88. The summed E-state index contributed by atoms with van der Waals surface area (Å²) in [5.41, 5.74) is -1.23. The van der Waals surface area contributed by atoms with Gasteiger partial charge in [-0.1, -0.05) is 39.3 Å². The van der Waals surface area contributed by atoms with Crippen molar-refractivity contribution in [2.45, 2.75) is 298 Å². The van der Waals surface area contributed by atoms with Gasteiger partial charge < -0.3 is 109 Å². The van der Waals surface area contributed by atoms with Gasteiger partial charge in [0.2, 0.25) is 0 Å². The van der Waals surface area contributed by atoms with Crippen LogP contribution in [0.25, 0.3) is 0 Å². The van der Waals surface area contributed by atoms with Crippen LogP contribution in [0.2, 0.25) is 0 Å². The van der Waals surface area contributed by atoms with Crippen molar-refractivity contribution >= 4 is 16.2 Å². The van der Waals surface area contributed by atoms with Crippen LogP contribution in [0.3, 0.4) is 0 Å². The van der Waals surface area contributed by atoms with Gasteiger partial charge in [-0.25, -0.2) is 4.18 Å². The first kappa shape index (κ1) is 67.8. The molecule has 13 N–H and O–H groups in total. The van der Waals surface area contributed by atoms with Gasteiger partial charge in [-0.2, -0.15) is 8.42 Å². The van der Waals surface area contributed by atoms with Gasteiger partial charge in [0.15, 0.2) is 31.5 Å².